The molecule has 0 spiro atoms. The molecular formula is C19H17S+. The zero-order valence-electron chi connectivity index (χ0n) is 11.5. The number of hydrogen-bond acceptors (Lipinski definition) is 0. The van der Waals surface area contributed by atoms with E-state index in [1.165, 1.54) is 27.0 Å². The number of fused-ring (bicyclic) bond motifs is 3. The van der Waals surface area contributed by atoms with Crippen molar-refractivity contribution >= 4 is 26.6 Å². The van der Waals surface area contributed by atoms with E-state index in [-0.39, 0.29) is 10.5 Å². The van der Waals surface area contributed by atoms with Gasteiger partial charge in [0, 0.05) is 27.3 Å². The second kappa shape index (κ2) is 4.60. The summed E-state index contributed by atoms with van der Waals surface area (Å²) in [7, 11) is 0.116. The smallest absolute Gasteiger partial charge is 0.0829 e. The van der Waals surface area contributed by atoms with Gasteiger partial charge in [-0.05, 0) is 30.7 Å². The molecule has 2 atom stereocenters. The number of allylic oxidation sites excluding steroid dienone is 1. The average molecular weight is 277 g/mol. The number of benzene rings is 2. The van der Waals surface area contributed by atoms with E-state index in [1.54, 1.807) is 4.88 Å². The van der Waals surface area contributed by atoms with Crippen LogP contribution < -0.4 is 0 Å². The zero-order valence-corrected chi connectivity index (χ0v) is 12.4. The van der Waals surface area contributed by atoms with Crippen molar-refractivity contribution < 1.29 is 0 Å². The lowest BCUT2D eigenvalue weighted by atomic mass is 9.95. The maximum Gasteiger partial charge on any atom is 0.187 e. The van der Waals surface area contributed by atoms with Crippen molar-refractivity contribution in [3.05, 3.63) is 71.1 Å². The number of rotatable bonds is 1. The van der Waals surface area contributed by atoms with Gasteiger partial charge in [-0.25, -0.2) is 0 Å². The van der Waals surface area contributed by atoms with Gasteiger partial charge in [-0.2, -0.15) is 0 Å². The Bertz CT molecular complexity index is 793. The monoisotopic (exact) mass is 277 g/mol. The van der Waals surface area contributed by atoms with E-state index in [1.807, 2.05) is 0 Å². The van der Waals surface area contributed by atoms with Crippen LogP contribution in [0.1, 0.15) is 29.7 Å². The standard InChI is InChI=1S/C19H17S/c1-14-8-7-12-17-16-11-5-6-13-18(16)20(19(14)17)15-9-3-2-4-10-15/h2-7,9-14H,8H2,1H3/q+1. The van der Waals surface area contributed by atoms with Crippen LogP contribution in [0.5, 0.6) is 0 Å². The highest BCUT2D eigenvalue weighted by atomic mass is 32.2. The molecule has 1 aromatic heterocycles. The first-order valence-corrected chi connectivity index (χ1v) is 8.38. The molecule has 20 heavy (non-hydrogen) atoms. The Morgan fingerprint density at radius 3 is 2.55 bits per heavy atom. The van der Waals surface area contributed by atoms with E-state index in [9.17, 15) is 0 Å². The molecule has 1 aliphatic carbocycles. The maximum absolute atomic E-state index is 2.37. The highest BCUT2D eigenvalue weighted by molar-refractivity contribution is 7.45. The molecule has 1 heteroatoms. The topological polar surface area (TPSA) is 0 Å². The summed E-state index contributed by atoms with van der Waals surface area (Å²) >= 11 is 0. The minimum atomic E-state index is 0.116. The van der Waals surface area contributed by atoms with E-state index in [0.29, 0.717) is 5.92 Å². The summed E-state index contributed by atoms with van der Waals surface area (Å²) in [6.45, 7) is 2.37. The van der Waals surface area contributed by atoms with E-state index in [2.05, 4.69) is 73.7 Å². The third kappa shape index (κ3) is 1.66. The van der Waals surface area contributed by atoms with Crippen LogP contribution in [-0.2, 0) is 0 Å². The summed E-state index contributed by atoms with van der Waals surface area (Å²) in [5, 5.41) is 1.44. The van der Waals surface area contributed by atoms with Gasteiger partial charge in [-0.3, -0.25) is 0 Å². The quantitative estimate of drug-likeness (QED) is 0.471. The second-order valence-corrected chi connectivity index (χ2v) is 7.40. The molecule has 0 radical (unpaired) electrons. The van der Waals surface area contributed by atoms with Crippen molar-refractivity contribution in [3.63, 3.8) is 0 Å². The number of hydrogen-bond donors (Lipinski definition) is 0. The molecule has 0 amide bonds. The minimum Gasteiger partial charge on any atom is -0.0829 e. The highest BCUT2D eigenvalue weighted by Crippen LogP contribution is 2.52. The van der Waals surface area contributed by atoms with Crippen LogP contribution in [0.3, 0.4) is 0 Å². The summed E-state index contributed by atoms with van der Waals surface area (Å²) in [5.74, 6) is 0.644. The van der Waals surface area contributed by atoms with Gasteiger partial charge in [0.25, 0.3) is 0 Å². The van der Waals surface area contributed by atoms with Gasteiger partial charge in [0.1, 0.15) is 0 Å². The van der Waals surface area contributed by atoms with Gasteiger partial charge in [0.15, 0.2) is 14.5 Å². The van der Waals surface area contributed by atoms with E-state index in [0.717, 1.165) is 0 Å². The Labute approximate surface area is 122 Å². The van der Waals surface area contributed by atoms with Crippen LogP contribution >= 0.6 is 10.5 Å². The molecule has 0 aliphatic heterocycles. The molecule has 98 valence electrons. The highest BCUT2D eigenvalue weighted by Gasteiger charge is 2.32. The van der Waals surface area contributed by atoms with Gasteiger partial charge in [0.05, 0.1) is 0 Å². The lowest BCUT2D eigenvalue weighted by Gasteiger charge is -2.10. The van der Waals surface area contributed by atoms with Crippen molar-refractivity contribution in [2.45, 2.75) is 19.3 Å². The van der Waals surface area contributed by atoms with Crippen LogP contribution in [0, 0.1) is 0 Å². The molecule has 2 unspecified atom stereocenters. The minimum absolute atomic E-state index is 0.116. The Balaban J connectivity index is 2.15. The first-order chi connectivity index (χ1) is 9.86. The Morgan fingerprint density at radius 2 is 1.70 bits per heavy atom. The zero-order chi connectivity index (χ0) is 13.5. The van der Waals surface area contributed by atoms with Gasteiger partial charge < -0.3 is 0 Å². The van der Waals surface area contributed by atoms with Crippen molar-refractivity contribution in [2.24, 2.45) is 0 Å². The Kier molecular flexibility index (Phi) is 2.75. The van der Waals surface area contributed by atoms with Crippen LogP contribution in [0.2, 0.25) is 0 Å². The summed E-state index contributed by atoms with van der Waals surface area (Å²) in [6, 6.07) is 19.9. The molecule has 1 heterocycles. The van der Waals surface area contributed by atoms with Crippen LogP contribution in [0.25, 0.3) is 21.1 Å². The molecule has 0 nitrogen and oxygen atoms in total. The fourth-order valence-corrected chi connectivity index (χ4v) is 5.86. The molecule has 0 N–H and O–H groups in total. The molecule has 2 aromatic carbocycles. The van der Waals surface area contributed by atoms with E-state index in [4.69, 9.17) is 0 Å². The van der Waals surface area contributed by atoms with Crippen LogP contribution in [0.15, 0.2) is 60.7 Å². The summed E-state index contributed by atoms with van der Waals surface area (Å²) in [5.41, 5.74) is 1.48. The Morgan fingerprint density at radius 1 is 0.950 bits per heavy atom. The molecule has 0 saturated carbocycles. The van der Waals surface area contributed by atoms with Gasteiger partial charge in [0.2, 0.25) is 0 Å². The third-order valence-corrected chi connectivity index (χ3v) is 6.68. The van der Waals surface area contributed by atoms with Gasteiger partial charge >= 0.3 is 0 Å². The predicted molar refractivity (Wildman–Crippen MR) is 89.8 cm³/mol. The molecule has 1 aliphatic rings. The molecular weight excluding hydrogens is 260 g/mol. The van der Waals surface area contributed by atoms with Crippen molar-refractivity contribution in [1.29, 1.82) is 0 Å². The fourth-order valence-electron chi connectivity index (χ4n) is 3.17. The first kappa shape index (κ1) is 11.9. The molecule has 0 bridgehead atoms. The maximum atomic E-state index is 2.37. The summed E-state index contributed by atoms with van der Waals surface area (Å²) < 4.78 is 1.50. The molecule has 0 saturated heterocycles. The third-order valence-electron chi connectivity index (χ3n) is 4.08. The SMILES string of the molecule is CC1CC=Cc2c1[s+](-c1ccccc1)c1ccccc21. The number of thiophene rings is 1. The normalized spacial score (nSPS) is 18.2. The molecule has 4 rings (SSSR count). The second-order valence-electron chi connectivity index (χ2n) is 5.43. The fraction of sp³-hybridized carbons (Fsp3) is 0.158. The van der Waals surface area contributed by atoms with Gasteiger partial charge in [-0.1, -0.05) is 49.4 Å². The van der Waals surface area contributed by atoms with E-state index >= 15 is 0 Å². The van der Waals surface area contributed by atoms with Crippen LogP contribution in [-0.4, -0.2) is 0 Å². The first-order valence-electron chi connectivity index (χ1n) is 7.15. The molecule has 0 fully saturated rings. The predicted octanol–water partition coefficient (Wildman–Crippen LogP) is 6.10. The lowest BCUT2D eigenvalue weighted by molar-refractivity contribution is 0.790. The largest absolute Gasteiger partial charge is 0.187 e. The summed E-state index contributed by atoms with van der Waals surface area (Å²) in [4.78, 5) is 3.09. The van der Waals surface area contributed by atoms with Crippen molar-refractivity contribution in [2.75, 3.05) is 0 Å². The Hall–Kier alpha value is -1.86. The van der Waals surface area contributed by atoms with Crippen LogP contribution in [0.4, 0.5) is 0 Å². The van der Waals surface area contributed by atoms with Crippen molar-refractivity contribution in [1.82, 2.24) is 0 Å². The van der Waals surface area contributed by atoms with E-state index < -0.39 is 0 Å². The summed E-state index contributed by atoms with van der Waals surface area (Å²) in [6.07, 6.45) is 5.84. The molecule has 3 aromatic rings. The lowest BCUT2D eigenvalue weighted by Crippen LogP contribution is -1.96. The average Bonchev–Trinajstić information content (AvgIpc) is 2.84. The van der Waals surface area contributed by atoms with Crippen molar-refractivity contribution in [3.8, 4) is 4.90 Å². The van der Waals surface area contributed by atoms with Gasteiger partial charge in [-0.15, -0.1) is 0 Å².